The van der Waals surface area contributed by atoms with Crippen molar-refractivity contribution in [2.24, 2.45) is 4.99 Å². The fraction of sp³-hybridized carbons (Fsp3) is 0. The third-order valence-electron chi connectivity index (χ3n) is 5.33. The quantitative estimate of drug-likeness (QED) is 0.114. The monoisotopic (exact) mass is 548 g/mol. The average molecular weight is 549 g/mol. The maximum Gasteiger partial charge on any atom is 0.318 e. The molecule has 0 aliphatic heterocycles. The van der Waals surface area contributed by atoms with E-state index in [1.54, 1.807) is 66.9 Å². The summed E-state index contributed by atoms with van der Waals surface area (Å²) in [6.45, 7) is 0. The van der Waals surface area contributed by atoms with E-state index in [4.69, 9.17) is 32.4 Å². The molecule has 12 heteroatoms. The Morgan fingerprint density at radius 1 is 0.921 bits per heavy atom. The van der Waals surface area contributed by atoms with Crippen LogP contribution >= 0.6 is 23.2 Å². The van der Waals surface area contributed by atoms with Gasteiger partial charge in [-0.2, -0.15) is 0 Å². The third-order valence-corrected chi connectivity index (χ3v) is 5.89. The maximum atomic E-state index is 11.4. The van der Waals surface area contributed by atoms with Gasteiger partial charge in [-0.3, -0.25) is 25.2 Å². The van der Waals surface area contributed by atoms with Gasteiger partial charge < -0.3 is 9.15 Å². The van der Waals surface area contributed by atoms with Crippen molar-refractivity contribution in [2.45, 2.75) is 0 Å². The highest BCUT2D eigenvalue weighted by Crippen LogP contribution is 2.35. The van der Waals surface area contributed by atoms with Gasteiger partial charge in [-0.1, -0.05) is 35.3 Å². The van der Waals surface area contributed by atoms with Crippen molar-refractivity contribution in [2.75, 3.05) is 0 Å². The van der Waals surface area contributed by atoms with Crippen molar-refractivity contribution < 1.29 is 19.0 Å². The Morgan fingerprint density at radius 3 is 2.55 bits per heavy atom. The Balaban J connectivity index is 1.38. The number of nitrogens with zero attached hydrogens (tertiary/aromatic N) is 4. The molecule has 38 heavy (non-hydrogen) atoms. The minimum atomic E-state index is -0.737. The Hall–Kier alpha value is -4.80. The molecular formula is C26H14Cl2N4O6. The number of hydrogen-bond donors (Lipinski definition) is 0. The first-order valence-electron chi connectivity index (χ1n) is 10.9. The van der Waals surface area contributed by atoms with Crippen molar-refractivity contribution in [3.63, 3.8) is 0 Å². The SMILES string of the molecule is O=[N+]([O-])c1ccc(Oc2cccc(C=Nc3ccc4oc(-c5cc(Cl)ccc5Cl)nc4c3)c2)c([N+](=O)[O-])c1. The Bertz CT molecular complexity index is 1750. The molecule has 0 amide bonds. The highest BCUT2D eigenvalue weighted by Gasteiger charge is 2.21. The molecule has 1 heterocycles. The Labute approximate surface area is 224 Å². The smallest absolute Gasteiger partial charge is 0.318 e. The minimum Gasteiger partial charge on any atom is -0.450 e. The minimum absolute atomic E-state index is 0.123. The van der Waals surface area contributed by atoms with Gasteiger partial charge in [-0.25, -0.2) is 4.98 Å². The zero-order valence-electron chi connectivity index (χ0n) is 19.1. The van der Waals surface area contributed by atoms with Crippen LogP contribution in [0.4, 0.5) is 17.1 Å². The molecule has 0 unspecified atom stereocenters. The fourth-order valence-electron chi connectivity index (χ4n) is 3.56. The van der Waals surface area contributed by atoms with E-state index in [-0.39, 0.29) is 5.75 Å². The summed E-state index contributed by atoms with van der Waals surface area (Å²) in [5.74, 6) is 0.501. The summed E-state index contributed by atoms with van der Waals surface area (Å²) < 4.78 is 11.5. The molecule has 188 valence electrons. The zero-order chi connectivity index (χ0) is 26.8. The number of nitro groups is 2. The molecule has 0 saturated heterocycles. The lowest BCUT2D eigenvalue weighted by Gasteiger charge is -2.07. The van der Waals surface area contributed by atoms with E-state index in [2.05, 4.69) is 9.98 Å². The van der Waals surface area contributed by atoms with Crippen LogP contribution in [0.3, 0.4) is 0 Å². The van der Waals surface area contributed by atoms with Crippen molar-refractivity contribution in [1.82, 2.24) is 4.98 Å². The van der Waals surface area contributed by atoms with E-state index in [0.717, 1.165) is 12.1 Å². The van der Waals surface area contributed by atoms with E-state index in [0.29, 0.717) is 49.6 Å². The van der Waals surface area contributed by atoms with E-state index in [1.807, 2.05) is 0 Å². The van der Waals surface area contributed by atoms with Crippen LogP contribution in [-0.4, -0.2) is 21.0 Å². The second kappa shape index (κ2) is 10.3. The number of aliphatic imine (C=N–C) groups is 1. The van der Waals surface area contributed by atoms with Crippen molar-refractivity contribution in [1.29, 1.82) is 0 Å². The molecule has 0 bridgehead atoms. The molecule has 0 spiro atoms. The van der Waals surface area contributed by atoms with Crippen molar-refractivity contribution >= 4 is 57.6 Å². The van der Waals surface area contributed by atoms with Crippen LogP contribution in [0.25, 0.3) is 22.6 Å². The summed E-state index contributed by atoms with van der Waals surface area (Å²) >= 11 is 12.3. The molecule has 1 aromatic heterocycles. The molecule has 0 radical (unpaired) electrons. The summed E-state index contributed by atoms with van der Waals surface area (Å²) in [6, 6.07) is 20.1. The summed E-state index contributed by atoms with van der Waals surface area (Å²) in [4.78, 5) is 29.9. The summed E-state index contributed by atoms with van der Waals surface area (Å²) in [5, 5.41) is 23.3. The number of non-ortho nitro benzene ring substituents is 1. The van der Waals surface area contributed by atoms with Gasteiger partial charge in [-0.05, 0) is 60.2 Å². The predicted octanol–water partition coefficient (Wildman–Crippen LogP) is 8.16. The van der Waals surface area contributed by atoms with Crippen LogP contribution in [0.15, 0.2) is 88.3 Å². The second-order valence-electron chi connectivity index (χ2n) is 7.89. The van der Waals surface area contributed by atoms with Gasteiger partial charge in [0.25, 0.3) is 5.69 Å². The van der Waals surface area contributed by atoms with Crippen LogP contribution < -0.4 is 4.74 Å². The predicted molar refractivity (Wildman–Crippen MR) is 143 cm³/mol. The number of aromatic nitrogens is 1. The van der Waals surface area contributed by atoms with Crippen LogP contribution in [-0.2, 0) is 0 Å². The van der Waals surface area contributed by atoms with E-state index in [1.165, 1.54) is 6.07 Å². The Morgan fingerprint density at radius 2 is 1.76 bits per heavy atom. The van der Waals surface area contributed by atoms with E-state index >= 15 is 0 Å². The molecule has 5 aromatic rings. The van der Waals surface area contributed by atoms with Gasteiger partial charge in [0, 0.05) is 17.3 Å². The number of halogens is 2. The average Bonchev–Trinajstić information content (AvgIpc) is 3.32. The standard InChI is InChI=1S/C26H14Cl2N4O6/c27-16-4-7-21(28)20(11-16)26-30-22-12-17(5-8-24(22)38-26)29-14-15-2-1-3-19(10-15)37-25-9-6-18(31(33)34)13-23(25)32(35)36/h1-14H. The van der Waals surface area contributed by atoms with Crippen molar-refractivity contribution in [3.05, 3.63) is 115 Å². The molecule has 5 rings (SSSR count). The van der Waals surface area contributed by atoms with Gasteiger partial charge in [-0.15, -0.1) is 0 Å². The topological polar surface area (TPSA) is 134 Å². The number of ether oxygens (including phenoxy) is 1. The normalized spacial score (nSPS) is 11.2. The third kappa shape index (κ3) is 5.31. The van der Waals surface area contributed by atoms with Gasteiger partial charge >= 0.3 is 5.69 Å². The number of fused-ring (bicyclic) bond motifs is 1. The first-order chi connectivity index (χ1) is 18.3. The van der Waals surface area contributed by atoms with Gasteiger partial charge in [0.2, 0.25) is 11.6 Å². The molecule has 0 N–H and O–H groups in total. The van der Waals surface area contributed by atoms with Crippen molar-refractivity contribution in [3.8, 4) is 23.0 Å². The number of rotatable bonds is 7. The van der Waals surface area contributed by atoms with Gasteiger partial charge in [0.05, 0.1) is 32.2 Å². The van der Waals surface area contributed by atoms with Crippen LogP contribution in [0.2, 0.25) is 10.0 Å². The van der Waals surface area contributed by atoms with Crippen LogP contribution in [0, 0.1) is 20.2 Å². The summed E-state index contributed by atoms with van der Waals surface area (Å²) in [6.07, 6.45) is 1.59. The summed E-state index contributed by atoms with van der Waals surface area (Å²) in [7, 11) is 0. The van der Waals surface area contributed by atoms with Crippen LogP contribution in [0.1, 0.15) is 5.56 Å². The molecule has 0 saturated carbocycles. The number of benzene rings is 4. The lowest BCUT2D eigenvalue weighted by atomic mass is 10.2. The Kier molecular flexibility index (Phi) is 6.73. The van der Waals surface area contributed by atoms with Gasteiger partial charge in [0.1, 0.15) is 11.3 Å². The zero-order valence-corrected chi connectivity index (χ0v) is 20.6. The van der Waals surface area contributed by atoms with Gasteiger partial charge in [0.15, 0.2) is 5.58 Å². The molecule has 0 fully saturated rings. The molecule has 0 aliphatic rings. The fourth-order valence-corrected chi connectivity index (χ4v) is 3.93. The number of hydrogen-bond acceptors (Lipinski definition) is 8. The second-order valence-corrected chi connectivity index (χ2v) is 8.74. The summed E-state index contributed by atoms with van der Waals surface area (Å²) in [5.41, 5.74) is 2.04. The highest BCUT2D eigenvalue weighted by atomic mass is 35.5. The lowest BCUT2D eigenvalue weighted by Crippen LogP contribution is -1.96. The van der Waals surface area contributed by atoms with E-state index in [9.17, 15) is 20.2 Å². The van der Waals surface area contributed by atoms with Crippen LogP contribution in [0.5, 0.6) is 11.5 Å². The first kappa shape index (κ1) is 24.9. The molecular weight excluding hydrogens is 535 g/mol. The largest absolute Gasteiger partial charge is 0.450 e. The number of oxazole rings is 1. The highest BCUT2D eigenvalue weighted by molar-refractivity contribution is 6.35. The molecule has 0 atom stereocenters. The molecule has 0 aliphatic carbocycles. The molecule has 10 nitrogen and oxygen atoms in total. The molecule has 4 aromatic carbocycles. The van der Waals surface area contributed by atoms with E-state index < -0.39 is 21.2 Å². The number of nitro benzene ring substituents is 2. The first-order valence-corrected chi connectivity index (χ1v) is 11.6. The lowest BCUT2D eigenvalue weighted by molar-refractivity contribution is -0.394. The maximum absolute atomic E-state index is 11.4.